The number of halogens is 2. The second-order valence-electron chi connectivity index (χ2n) is 5.49. The molecule has 130 valence electrons. The Morgan fingerprint density at radius 1 is 1.28 bits per heavy atom. The highest BCUT2D eigenvalue weighted by Gasteiger charge is 2.14. The van der Waals surface area contributed by atoms with Crippen molar-refractivity contribution in [2.75, 3.05) is 7.11 Å². The van der Waals surface area contributed by atoms with E-state index in [-0.39, 0.29) is 5.56 Å². The van der Waals surface area contributed by atoms with E-state index in [1.165, 1.54) is 29.3 Å². The van der Waals surface area contributed by atoms with Crippen LogP contribution in [0.1, 0.15) is 21.8 Å². The minimum atomic E-state index is -0.201. The highest BCUT2D eigenvalue weighted by atomic mass is 35.5. The van der Waals surface area contributed by atoms with Crippen molar-refractivity contribution < 1.29 is 4.74 Å². The third kappa shape index (κ3) is 3.17. The summed E-state index contributed by atoms with van der Waals surface area (Å²) in [5.74, 6) is 0.944. The predicted octanol–water partition coefficient (Wildman–Crippen LogP) is 4.58. The number of hydrogen-bond donors (Lipinski definition) is 0. The third-order valence-corrected chi connectivity index (χ3v) is 5.50. The molecule has 5 nitrogen and oxygen atoms in total. The van der Waals surface area contributed by atoms with Gasteiger partial charge in [0.05, 0.1) is 23.7 Å². The van der Waals surface area contributed by atoms with Gasteiger partial charge < -0.3 is 4.74 Å². The fourth-order valence-corrected chi connectivity index (χ4v) is 4.19. The summed E-state index contributed by atoms with van der Waals surface area (Å²) in [5, 5.41) is 5.72. The average Bonchev–Trinajstić information content (AvgIpc) is 2.81. The normalized spacial score (nSPS) is 11.6. The SMILES string of the molecule is COc1c(Cl)cc(Cl)cc1C=Nn1c(C)nc2sc(C)c(C)c2c1=O. The van der Waals surface area contributed by atoms with E-state index in [1.807, 2.05) is 13.8 Å². The van der Waals surface area contributed by atoms with Crippen LogP contribution in [0.15, 0.2) is 22.0 Å². The highest BCUT2D eigenvalue weighted by Crippen LogP contribution is 2.31. The molecule has 0 atom stereocenters. The molecule has 0 bridgehead atoms. The summed E-state index contributed by atoms with van der Waals surface area (Å²) in [7, 11) is 1.51. The molecule has 0 aliphatic rings. The first-order valence-electron chi connectivity index (χ1n) is 7.40. The summed E-state index contributed by atoms with van der Waals surface area (Å²) in [6.07, 6.45) is 1.49. The molecule has 0 unspecified atom stereocenters. The molecule has 0 spiro atoms. The van der Waals surface area contributed by atoms with Crippen LogP contribution >= 0.6 is 34.5 Å². The lowest BCUT2D eigenvalue weighted by Gasteiger charge is -2.08. The minimum Gasteiger partial charge on any atom is -0.495 e. The molecule has 0 N–H and O–H groups in total. The van der Waals surface area contributed by atoms with Crippen molar-refractivity contribution in [3.05, 3.63) is 54.4 Å². The van der Waals surface area contributed by atoms with Crippen LogP contribution in [0, 0.1) is 20.8 Å². The Morgan fingerprint density at radius 2 is 2.00 bits per heavy atom. The zero-order valence-corrected chi connectivity index (χ0v) is 16.4. The third-order valence-electron chi connectivity index (χ3n) is 3.90. The van der Waals surface area contributed by atoms with Gasteiger partial charge in [0.2, 0.25) is 0 Å². The first-order chi connectivity index (χ1) is 11.8. The van der Waals surface area contributed by atoms with Crippen molar-refractivity contribution in [1.29, 1.82) is 0 Å². The Hall–Kier alpha value is -1.89. The number of thiophene rings is 1. The van der Waals surface area contributed by atoms with Gasteiger partial charge in [0.15, 0.2) is 0 Å². The highest BCUT2D eigenvalue weighted by molar-refractivity contribution is 7.18. The van der Waals surface area contributed by atoms with E-state index in [9.17, 15) is 4.79 Å². The maximum Gasteiger partial charge on any atom is 0.283 e. The molecule has 0 aliphatic carbocycles. The fourth-order valence-electron chi connectivity index (χ4n) is 2.53. The van der Waals surface area contributed by atoms with E-state index in [0.29, 0.717) is 32.6 Å². The standard InChI is InChI=1S/C17H15Cl2N3O2S/c1-8-9(2)25-16-14(8)17(23)22(10(3)21-16)20-7-11-5-12(18)6-13(19)15(11)24-4/h5-7H,1-4H3. The number of fused-ring (bicyclic) bond motifs is 1. The van der Waals surface area contributed by atoms with Crippen LogP contribution in [0.4, 0.5) is 0 Å². The molecule has 0 saturated heterocycles. The summed E-state index contributed by atoms with van der Waals surface area (Å²) in [5.41, 5.74) is 1.31. The minimum absolute atomic E-state index is 0.201. The molecule has 3 aromatic rings. The molecule has 3 rings (SSSR count). The fraction of sp³-hybridized carbons (Fsp3) is 0.235. The first kappa shape index (κ1) is 17.9. The number of aromatic nitrogens is 2. The summed E-state index contributed by atoms with van der Waals surface area (Å²) >= 11 is 13.7. The van der Waals surface area contributed by atoms with E-state index < -0.39 is 0 Å². The molecule has 0 fully saturated rings. The second kappa shape index (κ2) is 6.78. The van der Waals surface area contributed by atoms with Gasteiger partial charge in [-0.3, -0.25) is 4.79 Å². The molecular formula is C17H15Cl2N3O2S. The number of rotatable bonds is 3. The monoisotopic (exact) mass is 395 g/mol. The topological polar surface area (TPSA) is 56.5 Å². The lowest BCUT2D eigenvalue weighted by Crippen LogP contribution is -2.20. The van der Waals surface area contributed by atoms with E-state index in [2.05, 4.69) is 10.1 Å². The summed E-state index contributed by atoms with van der Waals surface area (Å²) in [6.45, 7) is 5.63. The quantitative estimate of drug-likeness (QED) is 0.609. The Kier molecular flexibility index (Phi) is 4.86. The first-order valence-corrected chi connectivity index (χ1v) is 8.97. The zero-order valence-electron chi connectivity index (χ0n) is 14.1. The molecule has 0 saturated carbocycles. The van der Waals surface area contributed by atoms with Gasteiger partial charge in [0, 0.05) is 15.5 Å². The number of hydrogen-bond acceptors (Lipinski definition) is 5. The van der Waals surface area contributed by atoms with Crippen LogP contribution in [-0.2, 0) is 0 Å². The van der Waals surface area contributed by atoms with Gasteiger partial charge in [-0.15, -0.1) is 11.3 Å². The Bertz CT molecular complexity index is 1070. The summed E-state index contributed by atoms with van der Waals surface area (Å²) in [4.78, 5) is 19.1. The van der Waals surface area contributed by atoms with Crippen molar-refractivity contribution in [2.24, 2.45) is 5.10 Å². The van der Waals surface area contributed by atoms with Gasteiger partial charge in [-0.2, -0.15) is 9.78 Å². The molecule has 8 heteroatoms. The van der Waals surface area contributed by atoms with Crippen molar-refractivity contribution in [2.45, 2.75) is 20.8 Å². The molecule has 2 aromatic heterocycles. The van der Waals surface area contributed by atoms with Crippen LogP contribution in [0.25, 0.3) is 10.2 Å². The maximum atomic E-state index is 12.8. The Balaban J connectivity index is 2.17. The molecule has 0 amide bonds. The summed E-state index contributed by atoms with van der Waals surface area (Å²) < 4.78 is 6.56. The van der Waals surface area contributed by atoms with Gasteiger partial charge in [-0.05, 0) is 38.5 Å². The van der Waals surface area contributed by atoms with Crippen LogP contribution in [0.5, 0.6) is 5.75 Å². The van der Waals surface area contributed by atoms with E-state index >= 15 is 0 Å². The smallest absolute Gasteiger partial charge is 0.283 e. The number of nitrogens with zero attached hydrogens (tertiary/aromatic N) is 3. The van der Waals surface area contributed by atoms with Crippen molar-refractivity contribution in [3.63, 3.8) is 0 Å². The lowest BCUT2D eigenvalue weighted by atomic mass is 10.2. The van der Waals surface area contributed by atoms with Gasteiger partial charge in [-0.1, -0.05) is 23.2 Å². The van der Waals surface area contributed by atoms with E-state index in [0.717, 1.165) is 15.3 Å². The molecule has 2 heterocycles. The molecular weight excluding hydrogens is 381 g/mol. The number of methoxy groups -OCH3 is 1. The second-order valence-corrected chi connectivity index (χ2v) is 7.54. The van der Waals surface area contributed by atoms with Gasteiger partial charge >= 0.3 is 0 Å². The Labute approximate surface area is 158 Å². The molecule has 0 aliphatic heterocycles. The van der Waals surface area contributed by atoms with Gasteiger partial charge in [-0.25, -0.2) is 4.98 Å². The Morgan fingerprint density at radius 3 is 2.68 bits per heavy atom. The molecule has 25 heavy (non-hydrogen) atoms. The van der Waals surface area contributed by atoms with Gasteiger partial charge in [0.1, 0.15) is 16.4 Å². The summed E-state index contributed by atoms with van der Waals surface area (Å²) in [6, 6.07) is 3.25. The molecule has 0 radical (unpaired) electrons. The largest absolute Gasteiger partial charge is 0.495 e. The number of ether oxygens (including phenoxy) is 1. The lowest BCUT2D eigenvalue weighted by molar-refractivity contribution is 0.414. The average molecular weight is 396 g/mol. The van der Waals surface area contributed by atoms with Crippen LogP contribution in [-0.4, -0.2) is 23.0 Å². The number of benzene rings is 1. The van der Waals surface area contributed by atoms with E-state index in [4.69, 9.17) is 27.9 Å². The van der Waals surface area contributed by atoms with Crippen molar-refractivity contribution >= 4 is 51.0 Å². The molecule has 1 aromatic carbocycles. The van der Waals surface area contributed by atoms with Crippen LogP contribution in [0.2, 0.25) is 10.0 Å². The van der Waals surface area contributed by atoms with Crippen LogP contribution < -0.4 is 10.3 Å². The predicted molar refractivity (Wildman–Crippen MR) is 104 cm³/mol. The van der Waals surface area contributed by atoms with E-state index in [1.54, 1.807) is 19.1 Å². The number of aryl methyl sites for hydroxylation is 3. The van der Waals surface area contributed by atoms with Crippen LogP contribution in [0.3, 0.4) is 0 Å². The maximum absolute atomic E-state index is 12.8. The van der Waals surface area contributed by atoms with Crippen molar-refractivity contribution in [3.8, 4) is 5.75 Å². The van der Waals surface area contributed by atoms with Crippen molar-refractivity contribution in [1.82, 2.24) is 9.66 Å². The van der Waals surface area contributed by atoms with Gasteiger partial charge in [0.25, 0.3) is 5.56 Å². The zero-order chi connectivity index (χ0) is 18.3.